The molecule has 0 bridgehead atoms. The molecule has 0 unspecified atom stereocenters. The number of nitrogens with zero attached hydrogens (tertiary/aromatic N) is 1. The summed E-state index contributed by atoms with van der Waals surface area (Å²) in [5.41, 5.74) is 8.47. The third kappa shape index (κ3) is 3.34. The van der Waals surface area contributed by atoms with Gasteiger partial charge in [0.2, 0.25) is 0 Å². The molecule has 0 radical (unpaired) electrons. The molecule has 2 aromatic carbocycles. The van der Waals surface area contributed by atoms with Crippen molar-refractivity contribution in [3.05, 3.63) is 59.7 Å². The predicted octanol–water partition coefficient (Wildman–Crippen LogP) is 3.38. The maximum atomic E-state index is 11.5. The fraction of sp³-hybridized carbons (Fsp3) is 0.235. The molecule has 2 rings (SSSR count). The lowest BCUT2D eigenvalue weighted by Crippen LogP contribution is -2.32. The van der Waals surface area contributed by atoms with Crippen LogP contribution in [0.1, 0.15) is 29.8 Å². The van der Waals surface area contributed by atoms with E-state index in [0.717, 1.165) is 5.56 Å². The summed E-state index contributed by atoms with van der Waals surface area (Å²) in [5.74, 6) is -0.962. The number of aromatic carboxylic acids is 1. The zero-order valence-electron chi connectivity index (χ0n) is 12.3. The van der Waals surface area contributed by atoms with Gasteiger partial charge in [0.05, 0.1) is 16.9 Å². The zero-order valence-corrected chi connectivity index (χ0v) is 12.3. The van der Waals surface area contributed by atoms with Crippen molar-refractivity contribution in [1.82, 2.24) is 0 Å². The van der Waals surface area contributed by atoms with E-state index in [4.69, 9.17) is 5.73 Å². The number of nitrogens with two attached hydrogens (primary N) is 1. The van der Waals surface area contributed by atoms with Crippen LogP contribution in [0.15, 0.2) is 48.5 Å². The summed E-state index contributed by atoms with van der Waals surface area (Å²) in [7, 11) is 0. The highest BCUT2D eigenvalue weighted by Gasteiger charge is 2.21. The molecule has 0 aliphatic carbocycles. The van der Waals surface area contributed by atoms with Crippen LogP contribution in [-0.4, -0.2) is 17.1 Å². The molecule has 3 N–H and O–H groups in total. The number of carboxylic acid groups (broad SMARTS) is 1. The number of hydrogen-bond acceptors (Lipinski definition) is 3. The molecule has 4 nitrogen and oxygen atoms in total. The first-order chi connectivity index (χ1) is 10.0. The average molecular weight is 284 g/mol. The fourth-order valence-corrected chi connectivity index (χ4v) is 2.35. The Labute approximate surface area is 124 Å². The summed E-state index contributed by atoms with van der Waals surface area (Å²) in [6.07, 6.45) is 0. The maximum Gasteiger partial charge on any atom is 0.337 e. The second kappa shape index (κ2) is 6.31. The molecule has 4 heteroatoms. The predicted molar refractivity (Wildman–Crippen MR) is 85.6 cm³/mol. The largest absolute Gasteiger partial charge is 0.478 e. The first-order valence-corrected chi connectivity index (χ1v) is 6.93. The summed E-state index contributed by atoms with van der Waals surface area (Å²) in [5, 5.41) is 9.40. The summed E-state index contributed by atoms with van der Waals surface area (Å²) in [6, 6.07) is 15.1. The van der Waals surface area contributed by atoms with Gasteiger partial charge in [-0.1, -0.05) is 36.4 Å². The van der Waals surface area contributed by atoms with E-state index in [2.05, 4.69) is 0 Å². The van der Waals surface area contributed by atoms with E-state index in [0.29, 0.717) is 17.9 Å². The summed E-state index contributed by atoms with van der Waals surface area (Å²) in [4.78, 5) is 13.5. The third-order valence-corrected chi connectivity index (χ3v) is 3.40. The van der Waals surface area contributed by atoms with Crippen molar-refractivity contribution in [3.63, 3.8) is 0 Å². The third-order valence-electron chi connectivity index (χ3n) is 3.40. The molecule has 0 heterocycles. The quantitative estimate of drug-likeness (QED) is 0.826. The van der Waals surface area contributed by atoms with Crippen LogP contribution in [0, 0.1) is 0 Å². The number of para-hydroxylation sites is 1. The molecule has 0 amide bonds. The summed E-state index contributed by atoms with van der Waals surface area (Å²) >= 11 is 0. The first kappa shape index (κ1) is 14.9. The number of carbonyl (C=O) groups is 1. The van der Waals surface area contributed by atoms with Gasteiger partial charge in [0.15, 0.2) is 0 Å². The van der Waals surface area contributed by atoms with Gasteiger partial charge in [-0.2, -0.15) is 0 Å². The Morgan fingerprint density at radius 3 is 2.38 bits per heavy atom. The minimum absolute atomic E-state index is 0.132. The number of carboxylic acids is 1. The van der Waals surface area contributed by atoms with Crippen LogP contribution < -0.4 is 10.6 Å². The minimum Gasteiger partial charge on any atom is -0.478 e. The highest BCUT2D eigenvalue weighted by Crippen LogP contribution is 2.31. The van der Waals surface area contributed by atoms with Crippen molar-refractivity contribution in [2.75, 3.05) is 10.6 Å². The van der Waals surface area contributed by atoms with Crippen molar-refractivity contribution in [2.24, 2.45) is 0 Å². The van der Waals surface area contributed by atoms with Crippen LogP contribution in [-0.2, 0) is 6.54 Å². The van der Waals surface area contributed by atoms with Gasteiger partial charge < -0.3 is 15.7 Å². The lowest BCUT2D eigenvalue weighted by molar-refractivity contribution is 0.0697. The number of anilines is 2. The van der Waals surface area contributed by atoms with Crippen molar-refractivity contribution >= 4 is 17.3 Å². The Balaban J connectivity index is 2.46. The van der Waals surface area contributed by atoms with Crippen LogP contribution in [0.5, 0.6) is 0 Å². The lowest BCUT2D eigenvalue weighted by Gasteiger charge is -2.31. The van der Waals surface area contributed by atoms with Crippen LogP contribution in [0.25, 0.3) is 0 Å². The average Bonchev–Trinajstić information content (AvgIpc) is 2.45. The van der Waals surface area contributed by atoms with Gasteiger partial charge in [-0.05, 0) is 31.5 Å². The lowest BCUT2D eigenvalue weighted by atomic mass is 10.1. The molecule has 110 valence electrons. The normalized spacial score (nSPS) is 10.6. The van der Waals surface area contributed by atoms with Gasteiger partial charge in [0.25, 0.3) is 0 Å². The number of benzene rings is 2. The molecule has 0 saturated heterocycles. The Hall–Kier alpha value is -2.49. The van der Waals surface area contributed by atoms with Crippen LogP contribution >= 0.6 is 0 Å². The van der Waals surface area contributed by atoms with Gasteiger partial charge in [-0.3, -0.25) is 0 Å². The van der Waals surface area contributed by atoms with E-state index in [9.17, 15) is 9.90 Å². The molecule has 21 heavy (non-hydrogen) atoms. The molecular weight excluding hydrogens is 264 g/mol. The standard InChI is InChI=1S/C17H20N2O2/c1-12(2)19(11-13-7-4-3-5-8-13)16-14(17(20)21)9-6-10-15(16)18/h3-10,12H,11,18H2,1-2H3,(H,20,21). The Kier molecular flexibility index (Phi) is 4.48. The number of rotatable bonds is 5. The monoisotopic (exact) mass is 284 g/mol. The van der Waals surface area contributed by atoms with Crippen molar-refractivity contribution < 1.29 is 9.90 Å². The second-order valence-electron chi connectivity index (χ2n) is 5.26. The van der Waals surface area contributed by atoms with Crippen LogP contribution in [0.3, 0.4) is 0 Å². The van der Waals surface area contributed by atoms with Gasteiger partial charge in [0.1, 0.15) is 0 Å². The van der Waals surface area contributed by atoms with Crippen molar-refractivity contribution in [1.29, 1.82) is 0 Å². The topological polar surface area (TPSA) is 66.6 Å². The van der Waals surface area contributed by atoms with Gasteiger partial charge in [-0.15, -0.1) is 0 Å². The molecule has 0 spiro atoms. The SMILES string of the molecule is CC(C)N(Cc1ccccc1)c1c(N)cccc1C(=O)O. The van der Waals surface area contributed by atoms with Gasteiger partial charge in [0, 0.05) is 12.6 Å². The maximum absolute atomic E-state index is 11.5. The Morgan fingerprint density at radius 2 is 1.81 bits per heavy atom. The summed E-state index contributed by atoms with van der Waals surface area (Å²) in [6.45, 7) is 4.68. The second-order valence-corrected chi connectivity index (χ2v) is 5.26. The smallest absolute Gasteiger partial charge is 0.337 e. The minimum atomic E-state index is -0.962. The van der Waals surface area contributed by atoms with Crippen molar-refractivity contribution in [3.8, 4) is 0 Å². The molecule has 0 aliphatic heterocycles. The molecular formula is C17H20N2O2. The van der Waals surface area contributed by atoms with Crippen molar-refractivity contribution in [2.45, 2.75) is 26.4 Å². The fourth-order valence-electron chi connectivity index (χ4n) is 2.35. The molecule has 0 atom stereocenters. The molecule has 0 saturated carbocycles. The van der Waals surface area contributed by atoms with E-state index in [1.165, 1.54) is 0 Å². The van der Waals surface area contributed by atoms with E-state index in [-0.39, 0.29) is 11.6 Å². The van der Waals surface area contributed by atoms with E-state index < -0.39 is 5.97 Å². The van der Waals surface area contributed by atoms with Gasteiger partial charge >= 0.3 is 5.97 Å². The van der Waals surface area contributed by atoms with Crippen LogP contribution in [0.4, 0.5) is 11.4 Å². The first-order valence-electron chi connectivity index (χ1n) is 6.93. The van der Waals surface area contributed by atoms with Gasteiger partial charge in [-0.25, -0.2) is 4.79 Å². The van der Waals surface area contributed by atoms with E-state index >= 15 is 0 Å². The molecule has 0 fully saturated rings. The highest BCUT2D eigenvalue weighted by atomic mass is 16.4. The number of nitrogen functional groups attached to an aromatic ring is 1. The zero-order chi connectivity index (χ0) is 15.4. The van der Waals surface area contributed by atoms with E-state index in [1.807, 2.05) is 49.1 Å². The van der Waals surface area contributed by atoms with E-state index in [1.54, 1.807) is 18.2 Å². The molecule has 2 aromatic rings. The van der Waals surface area contributed by atoms with Crippen LogP contribution in [0.2, 0.25) is 0 Å². The molecule has 0 aromatic heterocycles. The Morgan fingerprint density at radius 1 is 1.14 bits per heavy atom. The Bertz CT molecular complexity index is 624. The number of hydrogen-bond donors (Lipinski definition) is 2. The molecule has 0 aliphatic rings. The highest BCUT2D eigenvalue weighted by molar-refractivity contribution is 5.98. The summed E-state index contributed by atoms with van der Waals surface area (Å²) < 4.78 is 0.